The van der Waals surface area contributed by atoms with Gasteiger partial charge in [-0.15, -0.1) is 0 Å². The maximum atomic E-state index is 12.4. The molecule has 6 heteroatoms. The van der Waals surface area contributed by atoms with Gasteiger partial charge in [0.2, 0.25) is 0 Å². The molecule has 0 aromatic heterocycles. The fourth-order valence-electron chi connectivity index (χ4n) is 3.87. The zero-order valence-corrected chi connectivity index (χ0v) is 21.1. The number of anilines is 1. The number of nitrogens with zero attached hydrogens (tertiary/aromatic N) is 1. The van der Waals surface area contributed by atoms with Crippen LogP contribution >= 0.6 is 0 Å². The smallest absolute Gasteiger partial charge is 0.309 e. The third kappa shape index (κ3) is 8.73. The van der Waals surface area contributed by atoms with Crippen LogP contribution in [0.3, 0.4) is 0 Å². The van der Waals surface area contributed by atoms with Gasteiger partial charge in [0.05, 0.1) is 19.1 Å². The number of amides is 1. The van der Waals surface area contributed by atoms with Crippen LogP contribution in [-0.2, 0) is 16.0 Å². The molecule has 1 N–H and O–H groups in total. The van der Waals surface area contributed by atoms with E-state index in [9.17, 15) is 9.59 Å². The van der Waals surface area contributed by atoms with Crippen LogP contribution in [0.15, 0.2) is 48.5 Å². The molecule has 1 atom stereocenters. The maximum Gasteiger partial charge on any atom is 0.309 e. The fourth-order valence-corrected chi connectivity index (χ4v) is 3.87. The number of carbonyl (C=O) groups is 2. The summed E-state index contributed by atoms with van der Waals surface area (Å²) in [7, 11) is 0. The summed E-state index contributed by atoms with van der Waals surface area (Å²) >= 11 is 0. The largest absolute Gasteiger partial charge is 0.492 e. The van der Waals surface area contributed by atoms with Crippen molar-refractivity contribution in [3.05, 3.63) is 59.7 Å². The first-order valence-corrected chi connectivity index (χ1v) is 12.5. The van der Waals surface area contributed by atoms with Crippen molar-refractivity contribution in [1.29, 1.82) is 0 Å². The molecule has 0 aliphatic carbocycles. The minimum Gasteiger partial charge on any atom is -0.492 e. The lowest BCUT2D eigenvalue weighted by atomic mass is 9.94. The van der Waals surface area contributed by atoms with Gasteiger partial charge in [0, 0.05) is 24.3 Å². The Bertz CT molecular complexity index is 861. The number of hydrogen-bond donors (Lipinski definition) is 1. The van der Waals surface area contributed by atoms with Crippen molar-refractivity contribution in [1.82, 2.24) is 5.32 Å². The van der Waals surface area contributed by atoms with Gasteiger partial charge in [-0.3, -0.25) is 9.59 Å². The zero-order chi connectivity index (χ0) is 24.8. The van der Waals surface area contributed by atoms with E-state index in [2.05, 4.69) is 31.0 Å². The summed E-state index contributed by atoms with van der Waals surface area (Å²) in [6, 6.07) is 15.5. The van der Waals surface area contributed by atoms with Crippen LogP contribution < -0.4 is 15.0 Å². The van der Waals surface area contributed by atoms with Crippen LogP contribution in [0.4, 0.5) is 5.69 Å². The van der Waals surface area contributed by atoms with Gasteiger partial charge in [0.1, 0.15) is 12.4 Å². The monoisotopic (exact) mass is 468 g/mol. The zero-order valence-electron chi connectivity index (χ0n) is 21.1. The first-order chi connectivity index (χ1) is 16.5. The molecule has 2 rings (SSSR count). The average molecular weight is 469 g/mol. The Hall–Kier alpha value is -3.02. The maximum absolute atomic E-state index is 12.4. The highest BCUT2D eigenvalue weighted by atomic mass is 16.5. The van der Waals surface area contributed by atoms with Crippen LogP contribution in [0.25, 0.3) is 0 Å². The summed E-state index contributed by atoms with van der Waals surface area (Å²) in [6.45, 7) is 11.3. The summed E-state index contributed by atoms with van der Waals surface area (Å²) in [4.78, 5) is 26.9. The highest BCUT2D eigenvalue weighted by Gasteiger charge is 2.19. The minimum absolute atomic E-state index is 0.108. The molecular formula is C28H40N2O4. The molecule has 0 radical (unpaired) electrons. The Kier molecular flexibility index (Phi) is 12.0. The summed E-state index contributed by atoms with van der Waals surface area (Å²) < 4.78 is 11.0. The number of ether oxygens (including phenoxy) is 2. The van der Waals surface area contributed by atoms with Crippen molar-refractivity contribution in [2.45, 2.75) is 53.4 Å². The Balaban J connectivity index is 1.78. The molecule has 0 aliphatic heterocycles. The Labute approximate surface area is 204 Å². The number of hydrogen-bond acceptors (Lipinski definition) is 5. The normalized spacial score (nSPS) is 11.5. The molecule has 0 fully saturated rings. The molecule has 0 aliphatic rings. The number of esters is 1. The summed E-state index contributed by atoms with van der Waals surface area (Å²) in [5, 5.41) is 2.90. The van der Waals surface area contributed by atoms with E-state index in [1.54, 1.807) is 0 Å². The lowest BCUT2D eigenvalue weighted by Gasteiger charge is -2.21. The second kappa shape index (κ2) is 15.0. The molecule has 0 bridgehead atoms. The van der Waals surface area contributed by atoms with Gasteiger partial charge < -0.3 is 19.7 Å². The van der Waals surface area contributed by atoms with Crippen LogP contribution in [0, 0.1) is 5.92 Å². The predicted octanol–water partition coefficient (Wildman–Crippen LogP) is 5.25. The number of carbonyl (C=O) groups excluding carboxylic acids is 2. The topological polar surface area (TPSA) is 67.9 Å². The Morgan fingerprint density at radius 1 is 0.941 bits per heavy atom. The van der Waals surface area contributed by atoms with Crippen molar-refractivity contribution in [3.8, 4) is 5.75 Å². The molecule has 0 spiro atoms. The van der Waals surface area contributed by atoms with E-state index in [0.717, 1.165) is 49.4 Å². The third-order valence-corrected chi connectivity index (χ3v) is 5.85. The van der Waals surface area contributed by atoms with E-state index in [1.807, 2.05) is 55.5 Å². The van der Waals surface area contributed by atoms with E-state index in [1.165, 1.54) is 0 Å². The van der Waals surface area contributed by atoms with Gasteiger partial charge in [-0.05, 0) is 75.6 Å². The average Bonchev–Trinajstić information content (AvgIpc) is 2.86. The van der Waals surface area contributed by atoms with Crippen molar-refractivity contribution in [2.24, 2.45) is 5.92 Å². The van der Waals surface area contributed by atoms with Crippen molar-refractivity contribution >= 4 is 17.6 Å². The highest BCUT2D eigenvalue weighted by molar-refractivity contribution is 5.94. The van der Waals surface area contributed by atoms with Crippen molar-refractivity contribution < 1.29 is 19.1 Å². The quantitative estimate of drug-likeness (QED) is 0.285. The van der Waals surface area contributed by atoms with Crippen molar-refractivity contribution in [2.75, 3.05) is 37.7 Å². The minimum atomic E-state index is -0.116. The van der Waals surface area contributed by atoms with Gasteiger partial charge in [0.15, 0.2) is 0 Å². The first-order valence-electron chi connectivity index (χ1n) is 12.5. The van der Waals surface area contributed by atoms with Gasteiger partial charge in [0.25, 0.3) is 5.91 Å². The van der Waals surface area contributed by atoms with E-state index < -0.39 is 0 Å². The molecule has 1 unspecified atom stereocenters. The van der Waals surface area contributed by atoms with Gasteiger partial charge in [-0.1, -0.05) is 31.9 Å². The summed E-state index contributed by atoms with van der Waals surface area (Å²) in [5.41, 5.74) is 2.84. The number of nitrogens with one attached hydrogen (secondary N) is 1. The lowest BCUT2D eigenvalue weighted by molar-refractivity contribution is -0.148. The molecular weight excluding hydrogens is 428 g/mol. The second-order valence-electron chi connectivity index (χ2n) is 8.26. The van der Waals surface area contributed by atoms with Gasteiger partial charge in [-0.2, -0.15) is 0 Å². The lowest BCUT2D eigenvalue weighted by Crippen LogP contribution is -2.28. The van der Waals surface area contributed by atoms with Crippen LogP contribution in [0.5, 0.6) is 5.75 Å². The van der Waals surface area contributed by atoms with E-state index >= 15 is 0 Å². The van der Waals surface area contributed by atoms with Gasteiger partial charge in [-0.25, -0.2) is 0 Å². The molecule has 34 heavy (non-hydrogen) atoms. The molecule has 2 aromatic carbocycles. The second-order valence-corrected chi connectivity index (χ2v) is 8.26. The Morgan fingerprint density at radius 3 is 2.21 bits per heavy atom. The number of benzene rings is 2. The number of unbranched alkanes of at least 4 members (excludes halogenated alkanes) is 1. The fraction of sp³-hybridized carbons (Fsp3) is 0.500. The van der Waals surface area contributed by atoms with Crippen LogP contribution in [0.2, 0.25) is 0 Å². The first kappa shape index (κ1) is 27.2. The molecule has 6 nitrogen and oxygen atoms in total. The summed E-state index contributed by atoms with van der Waals surface area (Å²) in [5.74, 6) is 0.405. The molecule has 0 heterocycles. The third-order valence-electron chi connectivity index (χ3n) is 5.85. The molecule has 1 amide bonds. The number of rotatable bonds is 15. The Morgan fingerprint density at radius 2 is 1.62 bits per heavy atom. The SMILES string of the molecule is CCCCC(Cc1ccc(OCCNC(=O)c2ccc(N(CC)CC)cc2)cc1)C(=O)OCC. The van der Waals surface area contributed by atoms with Crippen LogP contribution in [0.1, 0.15) is 62.9 Å². The predicted molar refractivity (Wildman–Crippen MR) is 138 cm³/mol. The molecule has 186 valence electrons. The standard InChI is InChI=1S/C28H40N2O4/c1-5-9-10-24(28(32)33-8-4)21-22-11-17-26(18-12-22)34-20-19-29-27(31)23-13-15-25(16-14-23)30(6-2)7-3/h11-18,24H,5-10,19-21H2,1-4H3,(H,29,31). The van der Waals surface area contributed by atoms with Crippen LogP contribution in [-0.4, -0.2) is 44.7 Å². The summed E-state index contributed by atoms with van der Waals surface area (Å²) in [6.07, 6.45) is 3.57. The van der Waals surface area contributed by atoms with Gasteiger partial charge >= 0.3 is 5.97 Å². The highest BCUT2D eigenvalue weighted by Crippen LogP contribution is 2.20. The van der Waals surface area contributed by atoms with E-state index in [4.69, 9.17) is 9.47 Å². The molecule has 0 saturated carbocycles. The molecule has 2 aromatic rings. The van der Waals surface area contributed by atoms with E-state index in [0.29, 0.717) is 31.7 Å². The van der Waals surface area contributed by atoms with Crippen molar-refractivity contribution in [3.63, 3.8) is 0 Å². The molecule has 0 saturated heterocycles. The van der Waals surface area contributed by atoms with E-state index in [-0.39, 0.29) is 17.8 Å².